The SMILES string of the molecule is N=c1ncn([C@@H]2O[C@H](CO)[C@@H](O)[C@H]2O)c2[nH]c(=O)sc12. The molecule has 9 nitrogen and oxygen atoms in total. The molecule has 0 saturated carbocycles. The van der Waals surface area contributed by atoms with E-state index in [1.807, 2.05) is 0 Å². The molecule has 1 aliphatic rings. The van der Waals surface area contributed by atoms with Gasteiger partial charge in [-0.2, -0.15) is 0 Å². The standard InChI is InChI=1S/C10H12N4O5S/c11-7-6-8(13-10(18)20-6)14(2-12-7)9-5(17)4(16)3(1-15)19-9/h2-5,9,11,15-17H,1H2,(H,13,18)/t3-,4-,5-,9-/m1/s1. The Hall–Kier alpha value is -1.59. The van der Waals surface area contributed by atoms with Gasteiger partial charge in [0.2, 0.25) is 0 Å². The second kappa shape index (κ2) is 4.75. The van der Waals surface area contributed by atoms with Gasteiger partial charge in [0, 0.05) is 0 Å². The highest BCUT2D eigenvalue weighted by atomic mass is 32.1. The van der Waals surface area contributed by atoms with Crippen LogP contribution >= 0.6 is 11.3 Å². The van der Waals surface area contributed by atoms with Gasteiger partial charge in [-0.25, -0.2) is 4.98 Å². The lowest BCUT2D eigenvalue weighted by Gasteiger charge is -2.18. The lowest BCUT2D eigenvalue weighted by molar-refractivity contribution is -0.0515. The number of nitrogens with zero attached hydrogens (tertiary/aromatic N) is 2. The van der Waals surface area contributed by atoms with Crippen LogP contribution in [-0.2, 0) is 4.74 Å². The van der Waals surface area contributed by atoms with Crippen molar-refractivity contribution in [3.8, 4) is 0 Å². The summed E-state index contributed by atoms with van der Waals surface area (Å²) in [5.74, 6) is 0. The monoisotopic (exact) mass is 300 g/mol. The highest BCUT2D eigenvalue weighted by molar-refractivity contribution is 7.16. The van der Waals surface area contributed by atoms with Gasteiger partial charge >= 0.3 is 4.87 Å². The maximum absolute atomic E-state index is 11.4. The smallest absolute Gasteiger partial charge is 0.306 e. The molecule has 5 N–H and O–H groups in total. The average Bonchev–Trinajstić information content (AvgIpc) is 2.94. The molecule has 0 unspecified atom stereocenters. The van der Waals surface area contributed by atoms with Crippen LogP contribution in [0.15, 0.2) is 11.1 Å². The Kier molecular flexibility index (Phi) is 3.18. The number of hydrogen-bond acceptors (Lipinski definition) is 8. The van der Waals surface area contributed by atoms with Crippen LogP contribution in [0.4, 0.5) is 0 Å². The Labute approximate surface area is 115 Å². The summed E-state index contributed by atoms with van der Waals surface area (Å²) in [5, 5.41) is 36.4. The van der Waals surface area contributed by atoms with E-state index in [0.29, 0.717) is 4.70 Å². The van der Waals surface area contributed by atoms with Crippen molar-refractivity contribution >= 4 is 21.7 Å². The molecule has 0 bridgehead atoms. The molecule has 0 aromatic carbocycles. The van der Waals surface area contributed by atoms with Crippen LogP contribution in [0.1, 0.15) is 6.23 Å². The number of H-pyrrole nitrogens is 1. The molecule has 1 fully saturated rings. The summed E-state index contributed by atoms with van der Waals surface area (Å²) < 4.78 is 7.04. The number of aromatic nitrogens is 3. The number of aliphatic hydroxyl groups excluding tert-OH is 3. The van der Waals surface area contributed by atoms with Crippen LogP contribution in [0.2, 0.25) is 0 Å². The maximum atomic E-state index is 11.4. The second-order valence-electron chi connectivity index (χ2n) is 4.42. The second-order valence-corrected chi connectivity index (χ2v) is 5.40. The first-order valence-electron chi connectivity index (χ1n) is 5.80. The zero-order valence-corrected chi connectivity index (χ0v) is 10.9. The number of hydrogen-bond donors (Lipinski definition) is 5. The van der Waals surface area contributed by atoms with E-state index in [1.54, 1.807) is 0 Å². The minimum atomic E-state index is -1.28. The van der Waals surface area contributed by atoms with Crippen molar-refractivity contribution in [2.45, 2.75) is 24.5 Å². The van der Waals surface area contributed by atoms with Gasteiger partial charge in [-0.1, -0.05) is 11.3 Å². The fourth-order valence-corrected chi connectivity index (χ4v) is 2.94. The van der Waals surface area contributed by atoms with Crippen LogP contribution in [-0.4, -0.2) is 54.8 Å². The molecule has 1 aliphatic heterocycles. The zero-order valence-electron chi connectivity index (χ0n) is 10.1. The summed E-state index contributed by atoms with van der Waals surface area (Å²) in [5.41, 5.74) is 0.223. The average molecular weight is 300 g/mol. The number of aromatic amines is 1. The number of nitrogens with one attached hydrogen (secondary N) is 2. The van der Waals surface area contributed by atoms with Gasteiger partial charge in [-0.3, -0.25) is 19.8 Å². The quantitative estimate of drug-likeness (QED) is 0.429. The molecule has 108 valence electrons. The van der Waals surface area contributed by atoms with Gasteiger partial charge in [0.05, 0.1) is 6.61 Å². The Balaban J connectivity index is 2.14. The van der Waals surface area contributed by atoms with Crippen LogP contribution in [0.25, 0.3) is 10.3 Å². The normalized spacial score (nSPS) is 30.1. The lowest BCUT2D eigenvalue weighted by atomic mass is 10.1. The van der Waals surface area contributed by atoms with E-state index in [0.717, 1.165) is 11.3 Å². The molecule has 1 saturated heterocycles. The van der Waals surface area contributed by atoms with Gasteiger partial charge in [-0.05, 0) is 0 Å². The number of fused-ring (bicyclic) bond motifs is 1. The lowest BCUT2D eigenvalue weighted by Crippen LogP contribution is -2.33. The minimum Gasteiger partial charge on any atom is -0.394 e. The van der Waals surface area contributed by atoms with Crippen molar-refractivity contribution in [2.75, 3.05) is 6.61 Å². The summed E-state index contributed by atoms with van der Waals surface area (Å²) >= 11 is 0.829. The van der Waals surface area contributed by atoms with E-state index in [2.05, 4.69) is 9.97 Å². The predicted octanol–water partition coefficient (Wildman–Crippen LogP) is -2.12. The van der Waals surface area contributed by atoms with Crippen molar-refractivity contribution < 1.29 is 20.1 Å². The molecule has 2 aromatic heterocycles. The fourth-order valence-electron chi connectivity index (χ4n) is 2.20. The first-order chi connectivity index (χ1) is 9.52. The van der Waals surface area contributed by atoms with Gasteiger partial charge in [0.15, 0.2) is 11.7 Å². The molecule has 2 aromatic rings. The highest BCUT2D eigenvalue weighted by Crippen LogP contribution is 2.30. The molecule has 0 radical (unpaired) electrons. The molecular formula is C10H12N4O5S. The summed E-state index contributed by atoms with van der Waals surface area (Å²) in [7, 11) is 0. The van der Waals surface area contributed by atoms with Crippen molar-refractivity contribution in [1.82, 2.24) is 14.5 Å². The third kappa shape index (κ3) is 1.89. The summed E-state index contributed by atoms with van der Waals surface area (Å²) in [6, 6.07) is 0. The summed E-state index contributed by atoms with van der Waals surface area (Å²) in [4.78, 5) is 17.4. The first kappa shape index (κ1) is 13.4. The van der Waals surface area contributed by atoms with Gasteiger partial charge in [-0.15, -0.1) is 0 Å². The van der Waals surface area contributed by atoms with Crippen LogP contribution in [0.3, 0.4) is 0 Å². The number of thiazole rings is 1. The van der Waals surface area contributed by atoms with Crippen molar-refractivity contribution in [2.24, 2.45) is 0 Å². The van der Waals surface area contributed by atoms with Crippen LogP contribution in [0, 0.1) is 5.41 Å². The predicted molar refractivity (Wildman–Crippen MR) is 67.1 cm³/mol. The van der Waals surface area contributed by atoms with E-state index in [4.69, 9.17) is 15.3 Å². The molecular weight excluding hydrogens is 288 g/mol. The number of rotatable bonds is 2. The largest absolute Gasteiger partial charge is 0.394 e. The third-order valence-corrected chi connectivity index (χ3v) is 4.08. The molecule has 0 amide bonds. The van der Waals surface area contributed by atoms with Crippen molar-refractivity contribution in [3.05, 3.63) is 21.5 Å². The van der Waals surface area contributed by atoms with Crippen molar-refractivity contribution in [1.29, 1.82) is 5.41 Å². The van der Waals surface area contributed by atoms with E-state index < -0.39 is 31.1 Å². The first-order valence-corrected chi connectivity index (χ1v) is 6.61. The molecule has 20 heavy (non-hydrogen) atoms. The van der Waals surface area contributed by atoms with E-state index >= 15 is 0 Å². The number of aliphatic hydroxyl groups is 3. The summed E-state index contributed by atoms with van der Waals surface area (Å²) in [6.07, 6.45) is -3.19. The zero-order chi connectivity index (χ0) is 14.4. The van der Waals surface area contributed by atoms with Crippen LogP contribution in [0.5, 0.6) is 0 Å². The van der Waals surface area contributed by atoms with Gasteiger partial charge in [0.25, 0.3) is 0 Å². The molecule has 10 heteroatoms. The van der Waals surface area contributed by atoms with Gasteiger partial charge < -0.3 is 20.1 Å². The van der Waals surface area contributed by atoms with Gasteiger partial charge in [0.1, 0.15) is 35.0 Å². The molecule has 3 rings (SSSR count). The Morgan fingerprint density at radius 3 is 2.90 bits per heavy atom. The highest BCUT2D eigenvalue weighted by Gasteiger charge is 2.43. The van der Waals surface area contributed by atoms with E-state index in [-0.39, 0.29) is 16.0 Å². The Bertz CT molecular complexity index is 752. The Morgan fingerprint density at radius 1 is 1.50 bits per heavy atom. The molecule has 3 heterocycles. The van der Waals surface area contributed by atoms with Crippen LogP contribution < -0.4 is 10.4 Å². The van der Waals surface area contributed by atoms with E-state index in [9.17, 15) is 15.0 Å². The Morgan fingerprint density at radius 2 is 2.25 bits per heavy atom. The molecule has 0 spiro atoms. The maximum Gasteiger partial charge on any atom is 0.306 e. The topological polar surface area (TPSA) is 144 Å². The van der Waals surface area contributed by atoms with E-state index in [1.165, 1.54) is 10.9 Å². The summed E-state index contributed by atoms with van der Waals surface area (Å²) in [6.45, 7) is -0.442. The van der Waals surface area contributed by atoms with Crippen molar-refractivity contribution in [3.63, 3.8) is 0 Å². The minimum absolute atomic E-state index is 0.0636. The fraction of sp³-hybridized carbons (Fsp3) is 0.500. The molecule has 4 atom stereocenters. The molecule has 0 aliphatic carbocycles. The number of ether oxygens (including phenoxy) is 1. The third-order valence-electron chi connectivity index (χ3n) is 3.21.